The number of allylic oxidation sites excluding steroid dienone is 4. The SMILES string of the molecule is CCCC/C=C/CCCCCCCCCCCC(=O)O[C@H](COC(=O)CCC/C=C/CCCCCCCCCCCCCCCCCCCC)COP(=O)(O)O. The fourth-order valence-corrected chi connectivity index (χ4v) is 7.25. The number of phosphoric ester groups is 1. The summed E-state index contributed by atoms with van der Waals surface area (Å²) in [5.74, 6) is -0.914. The number of hydrogen-bond acceptors (Lipinski definition) is 6. The largest absolute Gasteiger partial charge is 0.469 e. The lowest BCUT2D eigenvalue weighted by Gasteiger charge is -2.18. The Morgan fingerprint density at radius 1 is 0.446 bits per heavy atom. The second-order valence-corrected chi connectivity index (χ2v) is 17.3. The van der Waals surface area contributed by atoms with Gasteiger partial charge in [-0.15, -0.1) is 0 Å². The molecule has 9 heteroatoms. The average molecular weight is 813 g/mol. The third-order valence-corrected chi connectivity index (χ3v) is 10.9. The van der Waals surface area contributed by atoms with Gasteiger partial charge in [-0.25, -0.2) is 4.57 Å². The van der Waals surface area contributed by atoms with E-state index < -0.39 is 32.5 Å². The van der Waals surface area contributed by atoms with Crippen molar-refractivity contribution in [3.63, 3.8) is 0 Å². The van der Waals surface area contributed by atoms with E-state index in [1.165, 1.54) is 173 Å². The lowest BCUT2D eigenvalue weighted by molar-refractivity contribution is -0.161. The van der Waals surface area contributed by atoms with Gasteiger partial charge in [0.1, 0.15) is 6.61 Å². The molecule has 0 rings (SSSR count). The number of rotatable bonds is 44. The molecule has 0 aliphatic heterocycles. The third kappa shape index (κ3) is 45.2. The van der Waals surface area contributed by atoms with Crippen molar-refractivity contribution >= 4 is 19.8 Å². The summed E-state index contributed by atoms with van der Waals surface area (Å²) in [7, 11) is -4.76. The van der Waals surface area contributed by atoms with Gasteiger partial charge in [0.15, 0.2) is 6.10 Å². The quantitative estimate of drug-likeness (QED) is 0.0270. The molecule has 56 heavy (non-hydrogen) atoms. The summed E-state index contributed by atoms with van der Waals surface area (Å²) < 4.78 is 26.4. The van der Waals surface area contributed by atoms with Crippen molar-refractivity contribution in [1.82, 2.24) is 0 Å². The first-order chi connectivity index (χ1) is 27.3. The zero-order chi connectivity index (χ0) is 41.1. The molecule has 0 aromatic rings. The predicted molar refractivity (Wildman–Crippen MR) is 235 cm³/mol. The summed E-state index contributed by atoms with van der Waals surface area (Å²) in [6.07, 6.45) is 50.6. The Bertz CT molecular complexity index is 962. The molecule has 2 N–H and O–H groups in total. The van der Waals surface area contributed by atoms with Gasteiger partial charge in [-0.1, -0.05) is 205 Å². The zero-order valence-electron chi connectivity index (χ0n) is 36.5. The van der Waals surface area contributed by atoms with Gasteiger partial charge in [-0.05, 0) is 51.4 Å². The Labute approximate surface area is 345 Å². The molecule has 0 unspecified atom stereocenters. The van der Waals surface area contributed by atoms with Gasteiger partial charge in [0.05, 0.1) is 6.61 Å². The van der Waals surface area contributed by atoms with E-state index in [0.29, 0.717) is 12.8 Å². The van der Waals surface area contributed by atoms with Gasteiger partial charge < -0.3 is 19.3 Å². The smallest absolute Gasteiger partial charge is 0.462 e. The van der Waals surface area contributed by atoms with E-state index in [1.807, 2.05) is 0 Å². The Morgan fingerprint density at radius 3 is 1.20 bits per heavy atom. The Hall–Kier alpha value is -1.47. The highest BCUT2D eigenvalue weighted by Crippen LogP contribution is 2.36. The maximum absolute atomic E-state index is 12.4. The van der Waals surface area contributed by atoms with E-state index in [1.54, 1.807) is 0 Å². The lowest BCUT2D eigenvalue weighted by atomic mass is 10.0. The van der Waals surface area contributed by atoms with Crippen LogP contribution in [0.15, 0.2) is 24.3 Å². The fourth-order valence-electron chi connectivity index (χ4n) is 6.89. The van der Waals surface area contributed by atoms with Crippen molar-refractivity contribution in [1.29, 1.82) is 0 Å². The summed E-state index contributed by atoms with van der Waals surface area (Å²) in [6, 6.07) is 0. The van der Waals surface area contributed by atoms with Crippen LogP contribution in [0.25, 0.3) is 0 Å². The number of ether oxygens (including phenoxy) is 2. The van der Waals surface area contributed by atoms with E-state index in [4.69, 9.17) is 19.3 Å². The van der Waals surface area contributed by atoms with Crippen LogP contribution in [0.5, 0.6) is 0 Å². The molecule has 8 nitrogen and oxygen atoms in total. The monoisotopic (exact) mass is 813 g/mol. The first-order valence-corrected chi connectivity index (χ1v) is 25.2. The van der Waals surface area contributed by atoms with Crippen LogP contribution in [0.3, 0.4) is 0 Å². The average Bonchev–Trinajstić information content (AvgIpc) is 3.17. The minimum atomic E-state index is -4.76. The van der Waals surface area contributed by atoms with Crippen molar-refractivity contribution in [2.45, 2.75) is 251 Å². The van der Waals surface area contributed by atoms with Crippen LogP contribution in [0.4, 0.5) is 0 Å². The second kappa shape index (κ2) is 43.1. The van der Waals surface area contributed by atoms with Gasteiger partial charge in [-0.3, -0.25) is 14.1 Å². The van der Waals surface area contributed by atoms with Crippen molar-refractivity contribution in [3.05, 3.63) is 24.3 Å². The highest BCUT2D eigenvalue weighted by molar-refractivity contribution is 7.46. The summed E-state index contributed by atoms with van der Waals surface area (Å²) in [4.78, 5) is 42.9. The van der Waals surface area contributed by atoms with Gasteiger partial charge in [0.25, 0.3) is 0 Å². The normalized spacial score (nSPS) is 12.6. The van der Waals surface area contributed by atoms with E-state index in [9.17, 15) is 14.2 Å². The fraction of sp³-hybridized carbons (Fsp3) is 0.872. The Morgan fingerprint density at radius 2 is 0.786 bits per heavy atom. The number of esters is 2. The van der Waals surface area contributed by atoms with Crippen molar-refractivity contribution < 1.29 is 37.9 Å². The van der Waals surface area contributed by atoms with E-state index >= 15 is 0 Å². The molecular weight excluding hydrogens is 723 g/mol. The van der Waals surface area contributed by atoms with Crippen LogP contribution in [0, 0.1) is 0 Å². The number of carbonyl (C=O) groups excluding carboxylic acids is 2. The maximum Gasteiger partial charge on any atom is 0.469 e. The first kappa shape index (κ1) is 54.5. The molecule has 0 aromatic heterocycles. The van der Waals surface area contributed by atoms with E-state index in [2.05, 4.69) is 42.7 Å². The standard InChI is InChI=1S/C47H89O8P/c1-3-5-7-9-11-13-15-17-19-20-21-22-23-24-25-26-28-29-31-33-35-37-39-41-46(48)53-43-45(44-54-56(50,51)52)55-47(49)42-40-38-36-34-32-30-27-18-16-14-12-10-8-6-4-2/h10,12,33,35,45H,3-9,11,13-32,34,36-44H2,1-2H3,(H2,50,51,52)/b12-10+,35-33+/t45-/m1/s1. The van der Waals surface area contributed by atoms with Crippen LogP contribution < -0.4 is 0 Å². The molecule has 0 amide bonds. The van der Waals surface area contributed by atoms with Gasteiger partial charge in [0, 0.05) is 12.8 Å². The summed E-state index contributed by atoms with van der Waals surface area (Å²) in [5, 5.41) is 0. The van der Waals surface area contributed by atoms with E-state index in [0.717, 1.165) is 32.1 Å². The molecule has 0 saturated heterocycles. The van der Waals surface area contributed by atoms with Crippen LogP contribution >= 0.6 is 7.82 Å². The molecule has 0 bridgehead atoms. The number of phosphoric acid groups is 1. The number of hydrogen-bond donors (Lipinski definition) is 2. The minimum Gasteiger partial charge on any atom is -0.462 e. The minimum absolute atomic E-state index is 0.206. The molecule has 0 aliphatic rings. The summed E-state index contributed by atoms with van der Waals surface area (Å²) in [6.45, 7) is 3.66. The molecule has 0 heterocycles. The van der Waals surface area contributed by atoms with Crippen LogP contribution in [-0.2, 0) is 28.2 Å². The molecule has 0 aliphatic carbocycles. The number of unbranched alkanes of at least 4 members (excludes halogenated alkanes) is 30. The van der Waals surface area contributed by atoms with Crippen LogP contribution in [-0.4, -0.2) is 41.0 Å². The van der Waals surface area contributed by atoms with Crippen molar-refractivity contribution in [2.24, 2.45) is 0 Å². The topological polar surface area (TPSA) is 119 Å². The molecule has 0 aromatic carbocycles. The maximum atomic E-state index is 12.4. The first-order valence-electron chi connectivity index (χ1n) is 23.6. The predicted octanol–water partition coefficient (Wildman–Crippen LogP) is 14.7. The van der Waals surface area contributed by atoms with Gasteiger partial charge in [0.2, 0.25) is 0 Å². The van der Waals surface area contributed by atoms with Crippen molar-refractivity contribution in [3.8, 4) is 0 Å². The van der Waals surface area contributed by atoms with Gasteiger partial charge >= 0.3 is 19.8 Å². The van der Waals surface area contributed by atoms with Crippen LogP contribution in [0.1, 0.15) is 245 Å². The van der Waals surface area contributed by atoms with Crippen molar-refractivity contribution in [2.75, 3.05) is 13.2 Å². The van der Waals surface area contributed by atoms with Crippen LogP contribution in [0.2, 0.25) is 0 Å². The van der Waals surface area contributed by atoms with E-state index in [-0.39, 0.29) is 19.4 Å². The summed E-state index contributed by atoms with van der Waals surface area (Å²) >= 11 is 0. The highest BCUT2D eigenvalue weighted by Gasteiger charge is 2.22. The van der Waals surface area contributed by atoms with Gasteiger partial charge in [-0.2, -0.15) is 0 Å². The second-order valence-electron chi connectivity index (χ2n) is 16.1. The molecule has 330 valence electrons. The molecule has 0 spiro atoms. The Balaban J connectivity index is 3.83. The Kier molecular flexibility index (Phi) is 42.0. The third-order valence-electron chi connectivity index (χ3n) is 10.4. The number of carbonyl (C=O) groups is 2. The molecular formula is C47H89O8P. The molecule has 0 saturated carbocycles. The highest BCUT2D eigenvalue weighted by atomic mass is 31.2. The summed E-state index contributed by atoms with van der Waals surface area (Å²) in [5.41, 5.74) is 0. The lowest BCUT2D eigenvalue weighted by Crippen LogP contribution is -2.29. The molecule has 0 fully saturated rings. The molecule has 1 atom stereocenters. The zero-order valence-corrected chi connectivity index (χ0v) is 37.4. The molecule has 0 radical (unpaired) electrons.